The lowest BCUT2D eigenvalue weighted by molar-refractivity contribution is 0.837. The van der Waals surface area contributed by atoms with E-state index < -0.39 is 0 Å². The number of hydrogen-bond acceptors (Lipinski definition) is 2. The first-order valence-corrected chi connectivity index (χ1v) is 5.93. The fraction of sp³-hybridized carbons (Fsp3) is 0.111. The molecule has 0 saturated heterocycles. The normalized spacial score (nSPS) is 10.4. The summed E-state index contributed by atoms with van der Waals surface area (Å²) in [5.41, 5.74) is 1.11. The molecular weight excluding hydrogens is 310 g/mol. The van der Waals surface area contributed by atoms with Gasteiger partial charge in [0.05, 0.1) is 10.7 Å². The number of halogens is 2. The van der Waals surface area contributed by atoms with Crippen molar-refractivity contribution >= 4 is 31.9 Å². The maximum Gasteiger partial charge on any atom is 0.157 e. The summed E-state index contributed by atoms with van der Waals surface area (Å²) in [5.74, 6) is 0.857. The molecule has 0 radical (unpaired) electrons. The number of nitrogens with zero attached hydrogens (tertiary/aromatic N) is 3. The lowest BCUT2D eigenvalue weighted by Gasteiger charge is -2.04. The summed E-state index contributed by atoms with van der Waals surface area (Å²) in [4.78, 5) is 4.28. The van der Waals surface area contributed by atoms with Crippen LogP contribution in [0.2, 0.25) is 0 Å². The van der Waals surface area contributed by atoms with Gasteiger partial charge in [0.25, 0.3) is 0 Å². The minimum atomic E-state index is 0.771. The molecule has 0 saturated carbocycles. The molecule has 2 aromatic heterocycles. The lowest BCUT2D eigenvalue weighted by atomic mass is 10.3. The van der Waals surface area contributed by atoms with Crippen LogP contribution in [0.25, 0.3) is 5.82 Å². The van der Waals surface area contributed by atoms with Crippen molar-refractivity contribution in [1.82, 2.24) is 14.8 Å². The van der Waals surface area contributed by atoms with Gasteiger partial charge < -0.3 is 0 Å². The van der Waals surface area contributed by atoms with Gasteiger partial charge in [-0.25, -0.2) is 9.67 Å². The summed E-state index contributed by atoms with van der Waals surface area (Å²) in [6, 6.07) is 3.94. The second-order valence-electron chi connectivity index (χ2n) is 2.72. The Labute approximate surface area is 98.4 Å². The summed E-state index contributed by atoms with van der Waals surface area (Å²) >= 11 is 6.77. The van der Waals surface area contributed by atoms with Crippen LogP contribution in [0.5, 0.6) is 0 Å². The number of alkyl halides is 1. The van der Waals surface area contributed by atoms with Crippen LogP contribution in [0.1, 0.15) is 5.56 Å². The molecule has 0 unspecified atom stereocenters. The van der Waals surface area contributed by atoms with Gasteiger partial charge in [-0.05, 0) is 22.0 Å². The highest BCUT2D eigenvalue weighted by molar-refractivity contribution is 9.10. The van der Waals surface area contributed by atoms with Crippen molar-refractivity contribution in [2.75, 3.05) is 0 Å². The van der Waals surface area contributed by atoms with Gasteiger partial charge in [0, 0.05) is 23.3 Å². The van der Waals surface area contributed by atoms with E-state index in [1.54, 1.807) is 17.1 Å². The number of aromatic nitrogens is 3. The molecule has 0 spiro atoms. The van der Waals surface area contributed by atoms with E-state index in [4.69, 9.17) is 0 Å². The molecule has 5 heteroatoms. The maximum atomic E-state index is 4.28. The fourth-order valence-electron chi connectivity index (χ4n) is 1.16. The zero-order valence-corrected chi connectivity index (χ0v) is 10.4. The number of hydrogen-bond donors (Lipinski definition) is 0. The minimum absolute atomic E-state index is 0.771. The van der Waals surface area contributed by atoms with Crippen molar-refractivity contribution < 1.29 is 0 Å². The maximum absolute atomic E-state index is 4.28. The Balaban J connectivity index is 2.50. The minimum Gasteiger partial charge on any atom is -0.237 e. The summed E-state index contributed by atoms with van der Waals surface area (Å²) in [6.07, 6.45) is 5.39. The molecule has 14 heavy (non-hydrogen) atoms. The van der Waals surface area contributed by atoms with Crippen LogP contribution in [-0.2, 0) is 5.33 Å². The van der Waals surface area contributed by atoms with Crippen LogP contribution >= 0.6 is 31.9 Å². The molecule has 2 heterocycles. The molecule has 72 valence electrons. The second kappa shape index (κ2) is 4.23. The molecule has 0 aliphatic carbocycles. The van der Waals surface area contributed by atoms with Crippen LogP contribution in [0, 0.1) is 0 Å². The summed E-state index contributed by atoms with van der Waals surface area (Å²) in [7, 11) is 0. The third-order valence-corrected chi connectivity index (χ3v) is 2.79. The molecule has 0 aromatic carbocycles. The van der Waals surface area contributed by atoms with Crippen LogP contribution in [0.4, 0.5) is 0 Å². The molecule has 3 nitrogen and oxygen atoms in total. The highest BCUT2D eigenvalue weighted by Gasteiger charge is 2.05. The molecule has 0 atom stereocenters. The largest absolute Gasteiger partial charge is 0.237 e. The number of pyridine rings is 1. The van der Waals surface area contributed by atoms with Crippen LogP contribution in [0.15, 0.2) is 35.2 Å². The zero-order valence-electron chi connectivity index (χ0n) is 7.19. The Morgan fingerprint density at radius 1 is 1.43 bits per heavy atom. The van der Waals surface area contributed by atoms with Crippen molar-refractivity contribution in [3.63, 3.8) is 0 Å². The van der Waals surface area contributed by atoms with E-state index in [2.05, 4.69) is 41.9 Å². The Morgan fingerprint density at radius 3 is 2.93 bits per heavy atom. The quantitative estimate of drug-likeness (QED) is 0.798. The predicted octanol–water partition coefficient (Wildman–Crippen LogP) is 2.92. The van der Waals surface area contributed by atoms with E-state index in [1.807, 2.05) is 18.3 Å². The van der Waals surface area contributed by atoms with Crippen LogP contribution in [-0.4, -0.2) is 14.8 Å². The van der Waals surface area contributed by atoms with Crippen molar-refractivity contribution in [3.8, 4) is 5.82 Å². The van der Waals surface area contributed by atoms with Crippen LogP contribution < -0.4 is 0 Å². The summed E-state index contributed by atoms with van der Waals surface area (Å²) < 4.78 is 2.70. The van der Waals surface area contributed by atoms with E-state index in [9.17, 15) is 0 Å². The molecule has 0 aliphatic heterocycles. The van der Waals surface area contributed by atoms with Crippen molar-refractivity contribution in [1.29, 1.82) is 0 Å². The molecule has 0 N–H and O–H groups in total. The standard InChI is InChI=1S/C9H7Br2N3/c10-4-7-2-1-3-12-9(7)14-6-8(11)5-13-14/h1-3,5-6H,4H2. The molecular formula is C9H7Br2N3. The Kier molecular flexibility index (Phi) is 2.98. The zero-order chi connectivity index (χ0) is 9.97. The molecule has 0 bridgehead atoms. The van der Waals surface area contributed by atoms with Gasteiger partial charge in [-0.2, -0.15) is 5.10 Å². The third kappa shape index (κ3) is 1.88. The van der Waals surface area contributed by atoms with Gasteiger partial charge >= 0.3 is 0 Å². The topological polar surface area (TPSA) is 30.7 Å². The van der Waals surface area contributed by atoms with Gasteiger partial charge in [0.2, 0.25) is 0 Å². The first-order valence-electron chi connectivity index (χ1n) is 4.01. The highest BCUT2D eigenvalue weighted by Crippen LogP contribution is 2.16. The molecule has 0 amide bonds. The van der Waals surface area contributed by atoms with Gasteiger partial charge in [0.15, 0.2) is 5.82 Å². The van der Waals surface area contributed by atoms with Gasteiger partial charge in [0.1, 0.15) is 0 Å². The molecule has 2 rings (SSSR count). The smallest absolute Gasteiger partial charge is 0.157 e. The Hall–Kier alpha value is -0.680. The van der Waals surface area contributed by atoms with E-state index >= 15 is 0 Å². The van der Waals surface area contributed by atoms with E-state index in [0.717, 1.165) is 21.2 Å². The van der Waals surface area contributed by atoms with Crippen molar-refractivity contribution in [2.45, 2.75) is 5.33 Å². The van der Waals surface area contributed by atoms with E-state index in [1.165, 1.54) is 0 Å². The number of rotatable bonds is 2. The average Bonchev–Trinajstić information content (AvgIpc) is 2.65. The van der Waals surface area contributed by atoms with Gasteiger partial charge in [-0.3, -0.25) is 0 Å². The van der Waals surface area contributed by atoms with E-state index in [-0.39, 0.29) is 0 Å². The average molecular weight is 317 g/mol. The highest BCUT2D eigenvalue weighted by atomic mass is 79.9. The van der Waals surface area contributed by atoms with Crippen LogP contribution in [0.3, 0.4) is 0 Å². The lowest BCUT2D eigenvalue weighted by Crippen LogP contribution is -2.01. The second-order valence-corrected chi connectivity index (χ2v) is 4.20. The Bertz CT molecular complexity index is 439. The van der Waals surface area contributed by atoms with Gasteiger partial charge in [-0.1, -0.05) is 22.0 Å². The van der Waals surface area contributed by atoms with E-state index in [0.29, 0.717) is 0 Å². The van der Waals surface area contributed by atoms with Crippen molar-refractivity contribution in [2.24, 2.45) is 0 Å². The monoisotopic (exact) mass is 315 g/mol. The summed E-state index contributed by atoms with van der Waals surface area (Å²) in [6.45, 7) is 0. The SMILES string of the molecule is BrCc1cccnc1-n1cc(Br)cn1. The fourth-order valence-corrected chi connectivity index (χ4v) is 1.88. The molecule has 2 aromatic rings. The molecule has 0 fully saturated rings. The first kappa shape index (κ1) is 9.86. The molecule has 0 aliphatic rings. The first-order chi connectivity index (χ1) is 6.81. The summed E-state index contributed by atoms with van der Waals surface area (Å²) in [5, 5.41) is 4.95. The van der Waals surface area contributed by atoms with Gasteiger partial charge in [-0.15, -0.1) is 0 Å². The third-order valence-electron chi connectivity index (χ3n) is 1.78. The Morgan fingerprint density at radius 2 is 2.29 bits per heavy atom. The predicted molar refractivity (Wildman–Crippen MR) is 61.7 cm³/mol. The van der Waals surface area contributed by atoms with Crippen molar-refractivity contribution in [3.05, 3.63) is 40.8 Å².